The average molecular weight is 431 g/mol. The number of piperazine rings is 1. The molecule has 0 aliphatic carbocycles. The zero-order valence-electron chi connectivity index (χ0n) is 16.2. The Morgan fingerprint density at radius 2 is 1.90 bits per heavy atom. The third kappa shape index (κ3) is 4.23. The van der Waals surface area contributed by atoms with Gasteiger partial charge in [0.2, 0.25) is 0 Å². The molecule has 0 unspecified atom stereocenters. The van der Waals surface area contributed by atoms with Gasteiger partial charge in [0.15, 0.2) is 0 Å². The van der Waals surface area contributed by atoms with Crippen LogP contribution in [0.25, 0.3) is 10.9 Å². The summed E-state index contributed by atoms with van der Waals surface area (Å²) < 4.78 is 15.2. The summed E-state index contributed by atoms with van der Waals surface area (Å²) in [6, 6.07) is 7.24. The Kier molecular flexibility index (Phi) is 5.85. The van der Waals surface area contributed by atoms with Crippen molar-refractivity contribution in [1.82, 2.24) is 14.4 Å². The van der Waals surface area contributed by atoms with E-state index in [4.69, 9.17) is 0 Å². The number of hydrogen-bond donors (Lipinski definition) is 2. The molecular formula is C21H22FN3O4S. The maximum atomic E-state index is 13.8. The minimum atomic E-state index is -1.07. The molecule has 9 heteroatoms. The highest BCUT2D eigenvalue weighted by Gasteiger charge is 2.33. The molecule has 0 saturated carbocycles. The number of carbonyl (C=O) groups is 2. The fraction of sp³-hybridized carbons (Fsp3) is 0.333. The SMILES string of the molecule is O=C(O)Cn1cc([C@H](C(=O)O)N2CCN(Cc3cccs3)CC2)c2ccc(F)cc21. The molecule has 1 saturated heterocycles. The van der Waals surface area contributed by atoms with Crippen LogP contribution in [0.5, 0.6) is 0 Å². The van der Waals surface area contributed by atoms with E-state index in [-0.39, 0.29) is 6.54 Å². The maximum absolute atomic E-state index is 13.8. The lowest BCUT2D eigenvalue weighted by Gasteiger charge is -2.37. The van der Waals surface area contributed by atoms with E-state index in [0.29, 0.717) is 29.6 Å². The highest BCUT2D eigenvalue weighted by Crippen LogP contribution is 2.32. The largest absolute Gasteiger partial charge is 0.480 e. The van der Waals surface area contributed by atoms with Crippen molar-refractivity contribution in [3.8, 4) is 0 Å². The van der Waals surface area contributed by atoms with Crippen molar-refractivity contribution >= 4 is 34.2 Å². The molecule has 4 rings (SSSR count). The molecule has 158 valence electrons. The van der Waals surface area contributed by atoms with Gasteiger partial charge in [-0.3, -0.25) is 19.4 Å². The Bertz CT molecular complexity index is 1060. The van der Waals surface area contributed by atoms with E-state index in [1.807, 2.05) is 16.3 Å². The number of aromatic nitrogens is 1. The van der Waals surface area contributed by atoms with Crippen molar-refractivity contribution < 1.29 is 24.2 Å². The molecule has 0 amide bonds. The predicted octanol–water partition coefficient (Wildman–Crippen LogP) is 2.87. The van der Waals surface area contributed by atoms with Crippen molar-refractivity contribution in [3.05, 3.63) is 58.2 Å². The van der Waals surface area contributed by atoms with E-state index < -0.39 is 23.8 Å². The van der Waals surface area contributed by atoms with Gasteiger partial charge in [-0.1, -0.05) is 6.07 Å². The second-order valence-electron chi connectivity index (χ2n) is 7.40. The van der Waals surface area contributed by atoms with Crippen LogP contribution in [0.1, 0.15) is 16.5 Å². The minimum absolute atomic E-state index is 0.360. The van der Waals surface area contributed by atoms with Crippen LogP contribution < -0.4 is 0 Å². The van der Waals surface area contributed by atoms with Crippen LogP contribution in [0, 0.1) is 5.82 Å². The summed E-state index contributed by atoms with van der Waals surface area (Å²) in [5.41, 5.74) is 0.875. The lowest BCUT2D eigenvalue weighted by atomic mass is 10.0. The molecule has 0 spiro atoms. The van der Waals surface area contributed by atoms with E-state index in [0.717, 1.165) is 19.6 Å². The number of halogens is 1. The molecule has 2 N–H and O–H groups in total. The summed E-state index contributed by atoms with van der Waals surface area (Å²) in [5.74, 6) is -2.56. The summed E-state index contributed by atoms with van der Waals surface area (Å²) in [5, 5.41) is 21.8. The molecule has 30 heavy (non-hydrogen) atoms. The lowest BCUT2D eigenvalue weighted by Crippen LogP contribution is -2.48. The molecule has 0 bridgehead atoms. The number of rotatable bonds is 7. The summed E-state index contributed by atoms with van der Waals surface area (Å²) in [6.45, 7) is 3.12. The van der Waals surface area contributed by atoms with E-state index in [1.165, 1.54) is 33.8 Å². The van der Waals surface area contributed by atoms with Gasteiger partial charge in [0.25, 0.3) is 0 Å². The second kappa shape index (κ2) is 8.55. The predicted molar refractivity (Wildman–Crippen MR) is 111 cm³/mol. The molecule has 1 aliphatic rings. The van der Waals surface area contributed by atoms with Gasteiger partial charge in [-0.2, -0.15) is 0 Å². The maximum Gasteiger partial charge on any atom is 0.325 e. The molecule has 3 heterocycles. The van der Waals surface area contributed by atoms with Crippen molar-refractivity contribution in [2.75, 3.05) is 26.2 Å². The number of nitrogens with zero attached hydrogens (tertiary/aromatic N) is 3. The second-order valence-corrected chi connectivity index (χ2v) is 8.43. The topological polar surface area (TPSA) is 86.0 Å². The fourth-order valence-corrected chi connectivity index (χ4v) is 4.82. The quantitative estimate of drug-likeness (QED) is 0.598. The van der Waals surface area contributed by atoms with Gasteiger partial charge >= 0.3 is 11.9 Å². The number of carboxylic acids is 2. The smallest absolute Gasteiger partial charge is 0.325 e. The molecule has 2 aromatic heterocycles. The van der Waals surface area contributed by atoms with Crippen LogP contribution in [-0.4, -0.2) is 62.7 Å². The minimum Gasteiger partial charge on any atom is -0.480 e. The normalized spacial score (nSPS) is 16.7. The number of aliphatic carboxylic acids is 2. The van der Waals surface area contributed by atoms with Gasteiger partial charge in [0.1, 0.15) is 18.4 Å². The van der Waals surface area contributed by atoms with E-state index in [9.17, 15) is 24.2 Å². The van der Waals surface area contributed by atoms with E-state index in [1.54, 1.807) is 11.3 Å². The van der Waals surface area contributed by atoms with Gasteiger partial charge < -0.3 is 14.8 Å². The molecule has 0 radical (unpaired) electrons. The molecule has 3 aromatic rings. The average Bonchev–Trinajstić information content (AvgIpc) is 3.31. The van der Waals surface area contributed by atoms with E-state index >= 15 is 0 Å². The van der Waals surface area contributed by atoms with Crippen LogP contribution in [0.15, 0.2) is 41.9 Å². The fourth-order valence-electron chi connectivity index (χ4n) is 4.08. The number of fused-ring (bicyclic) bond motifs is 1. The Morgan fingerprint density at radius 3 is 2.53 bits per heavy atom. The van der Waals surface area contributed by atoms with Crippen LogP contribution in [0.4, 0.5) is 4.39 Å². The summed E-state index contributed by atoms with van der Waals surface area (Å²) >= 11 is 1.70. The molecule has 7 nitrogen and oxygen atoms in total. The first-order valence-corrected chi connectivity index (χ1v) is 10.5. The first-order valence-electron chi connectivity index (χ1n) is 9.64. The number of hydrogen-bond acceptors (Lipinski definition) is 5. The van der Waals surface area contributed by atoms with Gasteiger partial charge in [-0.25, -0.2) is 4.39 Å². The Balaban J connectivity index is 1.60. The number of benzene rings is 1. The van der Waals surface area contributed by atoms with Crippen molar-refractivity contribution in [1.29, 1.82) is 0 Å². The Morgan fingerprint density at radius 1 is 1.13 bits per heavy atom. The zero-order chi connectivity index (χ0) is 21.3. The molecular weight excluding hydrogens is 409 g/mol. The van der Waals surface area contributed by atoms with Crippen molar-refractivity contribution in [2.45, 2.75) is 19.1 Å². The van der Waals surface area contributed by atoms with Crippen LogP contribution in [0.3, 0.4) is 0 Å². The molecule has 1 aliphatic heterocycles. The van der Waals surface area contributed by atoms with Gasteiger partial charge in [0, 0.05) is 54.7 Å². The number of carboxylic acid groups (broad SMARTS) is 2. The van der Waals surface area contributed by atoms with Crippen molar-refractivity contribution in [3.63, 3.8) is 0 Å². The van der Waals surface area contributed by atoms with E-state index in [2.05, 4.69) is 11.0 Å². The summed E-state index contributed by atoms with van der Waals surface area (Å²) in [4.78, 5) is 28.9. The van der Waals surface area contributed by atoms with Crippen LogP contribution in [0.2, 0.25) is 0 Å². The first-order chi connectivity index (χ1) is 14.4. The molecule has 1 atom stereocenters. The van der Waals surface area contributed by atoms with Crippen LogP contribution in [-0.2, 0) is 22.7 Å². The molecule has 1 fully saturated rings. The standard InChI is InChI=1S/C21H22FN3O4S/c22-14-3-4-16-17(12-25(13-19(26)27)18(16)10-14)20(21(28)29)24-7-5-23(6-8-24)11-15-2-1-9-30-15/h1-4,9-10,12,20H,5-8,11,13H2,(H,26,27)(H,28,29)/t20-/m1/s1. The highest BCUT2D eigenvalue weighted by atomic mass is 32.1. The molecule has 1 aromatic carbocycles. The number of thiophene rings is 1. The van der Waals surface area contributed by atoms with Gasteiger partial charge in [0.05, 0.1) is 5.52 Å². The Hall–Kier alpha value is -2.75. The third-order valence-electron chi connectivity index (χ3n) is 5.44. The highest BCUT2D eigenvalue weighted by molar-refractivity contribution is 7.09. The summed E-state index contributed by atoms with van der Waals surface area (Å²) in [6.07, 6.45) is 1.54. The van der Waals surface area contributed by atoms with Gasteiger partial charge in [-0.15, -0.1) is 11.3 Å². The van der Waals surface area contributed by atoms with Crippen molar-refractivity contribution in [2.24, 2.45) is 0 Å². The third-order valence-corrected chi connectivity index (χ3v) is 6.30. The van der Waals surface area contributed by atoms with Gasteiger partial charge in [-0.05, 0) is 29.6 Å². The lowest BCUT2D eigenvalue weighted by molar-refractivity contribution is -0.144. The zero-order valence-corrected chi connectivity index (χ0v) is 17.0. The monoisotopic (exact) mass is 431 g/mol. The van der Waals surface area contributed by atoms with Crippen LogP contribution >= 0.6 is 11.3 Å². The summed E-state index contributed by atoms with van der Waals surface area (Å²) in [7, 11) is 0. The Labute approximate surface area is 176 Å². The first kappa shape index (κ1) is 20.5.